The van der Waals surface area contributed by atoms with Crippen LogP contribution in [0.1, 0.15) is 0 Å². The first kappa shape index (κ1) is 22.0. The van der Waals surface area contributed by atoms with Crippen LogP contribution >= 0.6 is 11.6 Å². The molecule has 8 heteroatoms. The minimum absolute atomic E-state index is 0.161. The predicted molar refractivity (Wildman–Crippen MR) is 128 cm³/mol. The highest BCUT2D eigenvalue weighted by molar-refractivity contribution is 6.31. The lowest BCUT2D eigenvalue weighted by molar-refractivity contribution is 0.212. The van der Waals surface area contributed by atoms with Gasteiger partial charge in [0, 0.05) is 33.2 Å². The number of benzene rings is 4. The minimum Gasteiger partial charge on any atom is -0.493 e. The van der Waals surface area contributed by atoms with Crippen LogP contribution < -0.4 is 24.8 Å². The summed E-state index contributed by atoms with van der Waals surface area (Å²) in [5.41, 5.74) is 1.15. The van der Waals surface area contributed by atoms with E-state index in [0.717, 1.165) is 0 Å². The second-order valence-corrected chi connectivity index (χ2v) is 7.29. The Bertz CT molecular complexity index is 1300. The largest absolute Gasteiger partial charge is 0.493 e. The number of halogens is 1. The normalized spacial score (nSPS) is 10.4. The van der Waals surface area contributed by atoms with Crippen molar-refractivity contribution in [2.75, 3.05) is 17.7 Å². The highest BCUT2D eigenvalue weighted by Gasteiger charge is 2.20. The summed E-state index contributed by atoms with van der Waals surface area (Å²) in [4.78, 5) is 25.0. The molecule has 0 heterocycles. The van der Waals surface area contributed by atoms with Gasteiger partial charge < -0.3 is 14.2 Å². The van der Waals surface area contributed by atoms with Gasteiger partial charge >= 0.3 is 12.2 Å². The smallest absolute Gasteiger partial charge is 0.417 e. The number of carbonyl (C=O) groups is 2. The highest BCUT2D eigenvalue weighted by Crippen LogP contribution is 2.42. The van der Waals surface area contributed by atoms with Crippen LogP contribution in [0.15, 0.2) is 84.9 Å². The maximum absolute atomic E-state index is 12.5. The van der Waals surface area contributed by atoms with Crippen LogP contribution in [0, 0.1) is 0 Å². The van der Waals surface area contributed by atoms with Gasteiger partial charge in [-0.2, -0.15) is 0 Å². The first-order valence-electron chi connectivity index (χ1n) is 9.91. The average molecular weight is 463 g/mol. The summed E-state index contributed by atoms with van der Waals surface area (Å²) in [6.45, 7) is 0. The number of anilines is 2. The number of ether oxygens (including phenoxy) is 3. The molecule has 2 N–H and O–H groups in total. The summed E-state index contributed by atoms with van der Waals surface area (Å²) in [5, 5.41) is 6.67. The van der Waals surface area contributed by atoms with Crippen LogP contribution in [0.25, 0.3) is 10.8 Å². The zero-order valence-electron chi connectivity index (χ0n) is 17.5. The van der Waals surface area contributed by atoms with E-state index >= 15 is 0 Å². The Hall–Kier alpha value is -4.23. The standard InChI is InChI=1S/C25H19ClN2O5/c1-31-22-15-21(32-24(29)27-17-8-4-2-5-9-17)20-14-16(26)12-13-19(20)23(22)33-25(30)28-18-10-6-3-7-11-18/h2-15H,1H3,(H,27,29)(H,28,30). The molecule has 4 aromatic rings. The molecule has 0 saturated carbocycles. The summed E-state index contributed by atoms with van der Waals surface area (Å²) in [7, 11) is 1.42. The molecular formula is C25H19ClN2O5. The molecule has 166 valence electrons. The Labute approximate surface area is 194 Å². The number of amides is 2. The second-order valence-electron chi connectivity index (χ2n) is 6.86. The molecule has 0 aromatic heterocycles. The number of para-hydroxylation sites is 2. The van der Waals surface area contributed by atoms with Gasteiger partial charge in [0.1, 0.15) is 5.75 Å². The van der Waals surface area contributed by atoms with E-state index in [1.807, 2.05) is 12.1 Å². The lowest BCUT2D eigenvalue weighted by atomic mass is 10.1. The molecule has 2 amide bonds. The number of carbonyl (C=O) groups excluding carboxylic acids is 2. The zero-order chi connectivity index (χ0) is 23.2. The van der Waals surface area contributed by atoms with E-state index in [4.69, 9.17) is 25.8 Å². The van der Waals surface area contributed by atoms with Crippen molar-refractivity contribution in [3.8, 4) is 17.2 Å². The lowest BCUT2D eigenvalue weighted by Crippen LogP contribution is -2.18. The second kappa shape index (κ2) is 9.93. The Kier molecular flexibility index (Phi) is 6.61. The van der Waals surface area contributed by atoms with Crippen molar-refractivity contribution in [3.05, 3.63) is 90.0 Å². The van der Waals surface area contributed by atoms with Gasteiger partial charge in [0.2, 0.25) is 0 Å². The van der Waals surface area contributed by atoms with Crippen LogP contribution in [-0.4, -0.2) is 19.3 Å². The number of hydrogen-bond acceptors (Lipinski definition) is 5. The minimum atomic E-state index is -0.703. The molecule has 0 bridgehead atoms. The Morgan fingerprint density at radius 3 is 1.85 bits per heavy atom. The van der Waals surface area contributed by atoms with Gasteiger partial charge in [-0.3, -0.25) is 10.6 Å². The van der Waals surface area contributed by atoms with E-state index in [-0.39, 0.29) is 17.2 Å². The number of rotatable bonds is 5. The van der Waals surface area contributed by atoms with E-state index in [2.05, 4.69) is 10.6 Å². The van der Waals surface area contributed by atoms with E-state index < -0.39 is 12.2 Å². The van der Waals surface area contributed by atoms with Crippen molar-refractivity contribution in [2.24, 2.45) is 0 Å². The van der Waals surface area contributed by atoms with E-state index in [0.29, 0.717) is 27.2 Å². The van der Waals surface area contributed by atoms with Gasteiger partial charge in [-0.25, -0.2) is 9.59 Å². The maximum Gasteiger partial charge on any atom is 0.417 e. The molecule has 4 aromatic carbocycles. The van der Waals surface area contributed by atoms with Gasteiger partial charge in [0.15, 0.2) is 11.5 Å². The van der Waals surface area contributed by atoms with Gasteiger partial charge in [-0.15, -0.1) is 0 Å². The number of hydrogen-bond donors (Lipinski definition) is 2. The summed E-state index contributed by atoms with van der Waals surface area (Å²) in [5.74, 6) is 0.553. The summed E-state index contributed by atoms with van der Waals surface area (Å²) >= 11 is 6.19. The first-order valence-corrected chi connectivity index (χ1v) is 10.3. The molecule has 0 radical (unpaired) electrons. The topological polar surface area (TPSA) is 85.9 Å². The van der Waals surface area contributed by atoms with Crippen LogP contribution in [-0.2, 0) is 0 Å². The van der Waals surface area contributed by atoms with Crippen LogP contribution in [0.5, 0.6) is 17.2 Å². The molecule has 0 saturated heterocycles. The molecule has 0 aliphatic heterocycles. The quantitative estimate of drug-likeness (QED) is 0.343. The molecule has 4 rings (SSSR count). The van der Waals surface area contributed by atoms with Gasteiger partial charge in [0.25, 0.3) is 0 Å². The van der Waals surface area contributed by atoms with E-state index in [1.165, 1.54) is 13.2 Å². The third-order valence-corrected chi connectivity index (χ3v) is 4.87. The molecule has 7 nitrogen and oxygen atoms in total. The van der Waals surface area contributed by atoms with Crippen molar-refractivity contribution in [1.82, 2.24) is 0 Å². The van der Waals surface area contributed by atoms with Gasteiger partial charge in [-0.05, 0) is 42.5 Å². The third kappa shape index (κ3) is 5.34. The van der Waals surface area contributed by atoms with Crippen molar-refractivity contribution < 1.29 is 23.8 Å². The molecule has 0 aliphatic carbocycles. The van der Waals surface area contributed by atoms with Crippen molar-refractivity contribution in [3.63, 3.8) is 0 Å². The van der Waals surface area contributed by atoms with E-state index in [1.54, 1.807) is 66.7 Å². The molecule has 33 heavy (non-hydrogen) atoms. The summed E-state index contributed by atoms with van der Waals surface area (Å²) < 4.78 is 16.5. The monoisotopic (exact) mass is 462 g/mol. The maximum atomic E-state index is 12.5. The van der Waals surface area contributed by atoms with E-state index in [9.17, 15) is 9.59 Å². The third-order valence-electron chi connectivity index (χ3n) is 4.64. The SMILES string of the molecule is COc1cc(OC(=O)Nc2ccccc2)c2cc(Cl)ccc2c1OC(=O)Nc1ccccc1. The first-order chi connectivity index (χ1) is 16.0. The average Bonchev–Trinajstić information content (AvgIpc) is 2.81. The van der Waals surface area contributed by atoms with Gasteiger partial charge in [0.05, 0.1) is 7.11 Å². The lowest BCUT2D eigenvalue weighted by Gasteiger charge is -2.16. The van der Waals surface area contributed by atoms with Gasteiger partial charge in [-0.1, -0.05) is 48.0 Å². The predicted octanol–water partition coefficient (Wildman–Crippen LogP) is 6.72. The number of methoxy groups -OCH3 is 1. The van der Waals surface area contributed by atoms with Crippen LogP contribution in [0.3, 0.4) is 0 Å². The van der Waals surface area contributed by atoms with Crippen molar-refractivity contribution in [1.29, 1.82) is 0 Å². The fraction of sp³-hybridized carbons (Fsp3) is 0.0400. The summed E-state index contributed by atoms with van der Waals surface area (Å²) in [6.07, 6.45) is -1.40. The number of nitrogens with one attached hydrogen (secondary N) is 2. The molecule has 0 unspecified atom stereocenters. The van der Waals surface area contributed by atoms with Crippen LogP contribution in [0.4, 0.5) is 21.0 Å². The van der Waals surface area contributed by atoms with Crippen molar-refractivity contribution in [2.45, 2.75) is 0 Å². The summed E-state index contributed by atoms with van der Waals surface area (Å²) in [6, 6.07) is 24.2. The Balaban J connectivity index is 1.66. The Morgan fingerprint density at radius 2 is 1.27 bits per heavy atom. The Morgan fingerprint density at radius 1 is 0.697 bits per heavy atom. The molecule has 0 spiro atoms. The number of fused-ring (bicyclic) bond motifs is 1. The molecular weight excluding hydrogens is 444 g/mol. The molecule has 0 aliphatic rings. The van der Waals surface area contributed by atoms with Crippen molar-refractivity contribution >= 4 is 45.9 Å². The molecule has 0 atom stereocenters. The fourth-order valence-electron chi connectivity index (χ4n) is 3.18. The zero-order valence-corrected chi connectivity index (χ0v) is 18.3. The van der Waals surface area contributed by atoms with Crippen LogP contribution in [0.2, 0.25) is 5.02 Å². The molecule has 0 fully saturated rings. The highest BCUT2D eigenvalue weighted by atomic mass is 35.5. The fourth-order valence-corrected chi connectivity index (χ4v) is 3.35.